The van der Waals surface area contributed by atoms with E-state index in [-0.39, 0.29) is 0 Å². The predicted octanol–water partition coefficient (Wildman–Crippen LogP) is 2.58. The average molecular weight is 287 g/mol. The molecule has 0 aliphatic carbocycles. The van der Waals surface area contributed by atoms with Gasteiger partial charge in [-0.1, -0.05) is 15.9 Å². The zero-order valence-electron chi connectivity index (χ0n) is 10.3. The minimum absolute atomic E-state index is 0.438. The number of methoxy groups -OCH3 is 1. The number of nitrogens with zero attached hydrogens (tertiary/aromatic N) is 1. The van der Waals surface area contributed by atoms with Crippen LogP contribution < -0.4 is 10.1 Å². The van der Waals surface area contributed by atoms with Gasteiger partial charge in [0, 0.05) is 35.2 Å². The molecule has 1 aromatic rings. The molecule has 1 N–H and O–H groups in total. The number of nitrogens with one attached hydrogen (secondary N) is 1. The van der Waals surface area contributed by atoms with Gasteiger partial charge in [-0.3, -0.25) is 4.98 Å². The van der Waals surface area contributed by atoms with Gasteiger partial charge in [0.1, 0.15) is 5.75 Å². The van der Waals surface area contributed by atoms with Crippen molar-refractivity contribution in [3.8, 4) is 5.75 Å². The molecule has 0 aliphatic heterocycles. The molecular weight excluding hydrogens is 268 g/mol. The quantitative estimate of drug-likeness (QED) is 0.845. The summed E-state index contributed by atoms with van der Waals surface area (Å²) in [6.07, 6.45) is 1.86. The van der Waals surface area contributed by atoms with Crippen molar-refractivity contribution in [1.29, 1.82) is 0 Å². The smallest absolute Gasteiger partial charge is 0.128 e. The largest absolute Gasteiger partial charge is 0.496 e. The number of aromatic nitrogens is 1. The molecule has 0 saturated heterocycles. The summed E-state index contributed by atoms with van der Waals surface area (Å²) in [5, 5.41) is 4.33. The van der Waals surface area contributed by atoms with E-state index in [1.165, 1.54) is 0 Å². The van der Waals surface area contributed by atoms with Crippen LogP contribution >= 0.6 is 15.9 Å². The fourth-order valence-corrected chi connectivity index (χ4v) is 1.80. The highest BCUT2D eigenvalue weighted by Gasteiger charge is 2.09. The highest BCUT2D eigenvalue weighted by atomic mass is 79.9. The molecule has 0 saturated carbocycles. The first-order valence-electron chi connectivity index (χ1n) is 5.38. The Morgan fingerprint density at radius 2 is 2.19 bits per heavy atom. The average Bonchev–Trinajstić information content (AvgIpc) is 2.28. The lowest BCUT2D eigenvalue weighted by Gasteiger charge is -2.14. The van der Waals surface area contributed by atoms with Crippen LogP contribution in [0.25, 0.3) is 0 Å². The summed E-state index contributed by atoms with van der Waals surface area (Å²) >= 11 is 3.44. The molecule has 1 aromatic heterocycles. The lowest BCUT2D eigenvalue weighted by molar-refractivity contribution is 0.406. The molecule has 90 valence electrons. The van der Waals surface area contributed by atoms with E-state index >= 15 is 0 Å². The van der Waals surface area contributed by atoms with Crippen molar-refractivity contribution in [2.45, 2.75) is 33.4 Å². The Balaban J connectivity index is 2.81. The molecule has 0 radical (unpaired) electrons. The molecule has 16 heavy (non-hydrogen) atoms. The highest BCUT2D eigenvalue weighted by Crippen LogP contribution is 2.23. The highest BCUT2D eigenvalue weighted by molar-refractivity contribution is 9.09. The summed E-state index contributed by atoms with van der Waals surface area (Å²) < 4.78 is 5.37. The van der Waals surface area contributed by atoms with Gasteiger partial charge in [-0.15, -0.1) is 0 Å². The molecule has 1 rings (SSSR count). The second-order valence-electron chi connectivity index (χ2n) is 3.98. The Kier molecular flexibility index (Phi) is 5.22. The van der Waals surface area contributed by atoms with E-state index in [0.29, 0.717) is 6.04 Å². The summed E-state index contributed by atoms with van der Waals surface area (Å²) in [4.78, 5) is 4.43. The van der Waals surface area contributed by atoms with Crippen LogP contribution in [0.2, 0.25) is 0 Å². The van der Waals surface area contributed by atoms with Crippen molar-refractivity contribution in [1.82, 2.24) is 10.3 Å². The van der Waals surface area contributed by atoms with Crippen LogP contribution in [0.5, 0.6) is 5.75 Å². The number of ether oxygens (including phenoxy) is 1. The van der Waals surface area contributed by atoms with Crippen LogP contribution in [-0.4, -0.2) is 23.5 Å². The molecule has 1 unspecified atom stereocenters. The molecule has 3 nitrogen and oxygen atoms in total. The molecule has 0 bridgehead atoms. The molecule has 0 aromatic carbocycles. The Labute approximate surface area is 106 Å². The maximum Gasteiger partial charge on any atom is 0.128 e. The molecule has 0 spiro atoms. The molecule has 0 amide bonds. The number of alkyl halides is 1. The molecule has 0 aliphatic rings. The first kappa shape index (κ1) is 13.5. The first-order chi connectivity index (χ1) is 7.60. The summed E-state index contributed by atoms with van der Waals surface area (Å²) in [6.45, 7) is 6.97. The number of hydrogen-bond donors (Lipinski definition) is 1. The van der Waals surface area contributed by atoms with Crippen LogP contribution in [0.1, 0.15) is 23.7 Å². The first-order valence-corrected chi connectivity index (χ1v) is 6.50. The van der Waals surface area contributed by atoms with E-state index in [1.54, 1.807) is 7.11 Å². The van der Waals surface area contributed by atoms with Crippen LogP contribution in [0.3, 0.4) is 0 Å². The maximum absolute atomic E-state index is 5.37. The van der Waals surface area contributed by atoms with Crippen molar-refractivity contribution in [3.05, 3.63) is 23.0 Å². The van der Waals surface area contributed by atoms with Gasteiger partial charge in [0.2, 0.25) is 0 Å². The SMILES string of the molecule is COc1c(C)cnc(CNC(C)CBr)c1C. The second-order valence-corrected chi connectivity index (χ2v) is 4.63. The van der Waals surface area contributed by atoms with Crippen molar-refractivity contribution in [2.75, 3.05) is 12.4 Å². The van der Waals surface area contributed by atoms with Gasteiger partial charge in [0.05, 0.1) is 12.8 Å². The van der Waals surface area contributed by atoms with Crippen LogP contribution in [0.4, 0.5) is 0 Å². The fraction of sp³-hybridized carbons (Fsp3) is 0.583. The topological polar surface area (TPSA) is 34.1 Å². The predicted molar refractivity (Wildman–Crippen MR) is 70.4 cm³/mol. The van der Waals surface area contributed by atoms with Crippen molar-refractivity contribution < 1.29 is 4.74 Å². The van der Waals surface area contributed by atoms with Crippen LogP contribution in [0, 0.1) is 13.8 Å². The summed E-state index contributed by atoms with van der Waals surface area (Å²) in [5.74, 6) is 0.943. The summed E-state index contributed by atoms with van der Waals surface area (Å²) in [7, 11) is 1.70. The Morgan fingerprint density at radius 1 is 1.50 bits per heavy atom. The number of rotatable bonds is 5. The second kappa shape index (κ2) is 6.21. The van der Waals surface area contributed by atoms with E-state index < -0.39 is 0 Å². The third-order valence-corrected chi connectivity index (χ3v) is 3.57. The molecule has 4 heteroatoms. The van der Waals surface area contributed by atoms with E-state index in [0.717, 1.165) is 34.4 Å². The lowest BCUT2D eigenvalue weighted by atomic mass is 10.1. The van der Waals surface area contributed by atoms with Crippen LogP contribution in [0.15, 0.2) is 6.20 Å². The normalized spacial score (nSPS) is 12.6. The van der Waals surface area contributed by atoms with E-state index in [2.05, 4.69) is 40.1 Å². The summed E-state index contributed by atoms with van der Waals surface area (Å²) in [5.41, 5.74) is 3.25. The Hall–Kier alpha value is -0.610. The number of hydrogen-bond acceptors (Lipinski definition) is 3. The van der Waals surface area contributed by atoms with E-state index in [1.807, 2.05) is 13.1 Å². The van der Waals surface area contributed by atoms with Crippen molar-refractivity contribution >= 4 is 15.9 Å². The van der Waals surface area contributed by atoms with E-state index in [4.69, 9.17) is 4.74 Å². The Bertz CT molecular complexity index is 355. The van der Waals surface area contributed by atoms with Crippen molar-refractivity contribution in [2.24, 2.45) is 0 Å². The van der Waals surface area contributed by atoms with E-state index in [9.17, 15) is 0 Å². The standard InChI is InChI=1S/C12H19BrN2O/c1-8-6-15-11(7-14-9(2)5-13)10(3)12(8)16-4/h6,9,14H,5,7H2,1-4H3. The van der Waals surface area contributed by atoms with Crippen molar-refractivity contribution in [3.63, 3.8) is 0 Å². The van der Waals surface area contributed by atoms with Gasteiger partial charge in [0.15, 0.2) is 0 Å². The maximum atomic E-state index is 5.37. The lowest BCUT2D eigenvalue weighted by Crippen LogP contribution is -2.27. The minimum Gasteiger partial charge on any atom is -0.496 e. The zero-order valence-corrected chi connectivity index (χ0v) is 11.9. The van der Waals surface area contributed by atoms with Gasteiger partial charge >= 0.3 is 0 Å². The zero-order chi connectivity index (χ0) is 12.1. The molecule has 1 heterocycles. The minimum atomic E-state index is 0.438. The molecule has 1 atom stereocenters. The Morgan fingerprint density at radius 3 is 2.75 bits per heavy atom. The fourth-order valence-electron chi connectivity index (χ4n) is 1.57. The van der Waals surface area contributed by atoms with Gasteiger partial charge in [-0.2, -0.15) is 0 Å². The van der Waals surface area contributed by atoms with Gasteiger partial charge in [-0.25, -0.2) is 0 Å². The molecule has 0 fully saturated rings. The number of pyridine rings is 1. The number of halogens is 1. The van der Waals surface area contributed by atoms with Gasteiger partial charge in [0.25, 0.3) is 0 Å². The van der Waals surface area contributed by atoms with Crippen LogP contribution in [-0.2, 0) is 6.54 Å². The monoisotopic (exact) mass is 286 g/mol. The third kappa shape index (κ3) is 3.19. The number of aryl methyl sites for hydroxylation is 1. The third-order valence-electron chi connectivity index (χ3n) is 2.60. The van der Waals surface area contributed by atoms with Gasteiger partial charge in [-0.05, 0) is 20.8 Å². The molecular formula is C12H19BrN2O. The summed E-state index contributed by atoms with van der Waals surface area (Å²) in [6, 6.07) is 0.438. The van der Waals surface area contributed by atoms with Gasteiger partial charge < -0.3 is 10.1 Å².